The first-order chi connectivity index (χ1) is 13.2. The Morgan fingerprint density at radius 1 is 0.667 bits per heavy atom. The zero-order valence-electron chi connectivity index (χ0n) is 15.7. The summed E-state index contributed by atoms with van der Waals surface area (Å²) < 4.78 is 0. The van der Waals surface area contributed by atoms with Gasteiger partial charge in [-0.15, -0.1) is 0 Å². The molecule has 1 heteroatoms. The molecular formula is C26H25N. The van der Waals surface area contributed by atoms with E-state index in [2.05, 4.69) is 97.9 Å². The van der Waals surface area contributed by atoms with Crippen LogP contribution in [0.25, 0.3) is 21.9 Å². The molecule has 0 saturated carbocycles. The van der Waals surface area contributed by atoms with Gasteiger partial charge < -0.3 is 5.73 Å². The maximum atomic E-state index is 6.38. The largest absolute Gasteiger partial charge is 0.327 e. The highest BCUT2D eigenvalue weighted by Crippen LogP contribution is 2.28. The van der Waals surface area contributed by atoms with Crippen LogP contribution in [-0.4, -0.2) is 6.04 Å². The molecule has 4 aromatic rings. The number of fused-ring (bicyclic) bond motifs is 1. The highest BCUT2D eigenvalue weighted by Gasteiger charge is 2.17. The van der Waals surface area contributed by atoms with Gasteiger partial charge >= 0.3 is 0 Å². The van der Waals surface area contributed by atoms with E-state index < -0.39 is 0 Å². The van der Waals surface area contributed by atoms with Crippen LogP contribution in [0.4, 0.5) is 0 Å². The highest BCUT2D eigenvalue weighted by molar-refractivity contribution is 5.83. The van der Waals surface area contributed by atoms with Gasteiger partial charge in [-0.05, 0) is 46.4 Å². The van der Waals surface area contributed by atoms with E-state index in [9.17, 15) is 0 Å². The Bertz CT molecular complexity index is 1020. The molecule has 134 valence electrons. The third-order valence-corrected chi connectivity index (χ3v) is 5.35. The van der Waals surface area contributed by atoms with Gasteiger partial charge in [0.15, 0.2) is 0 Å². The van der Waals surface area contributed by atoms with Crippen LogP contribution in [0.5, 0.6) is 0 Å². The first kappa shape index (κ1) is 17.5. The van der Waals surface area contributed by atoms with E-state index in [1.807, 2.05) is 6.07 Å². The van der Waals surface area contributed by atoms with Gasteiger partial charge in [-0.2, -0.15) is 0 Å². The van der Waals surface area contributed by atoms with E-state index in [1.165, 1.54) is 33.0 Å². The normalized spacial score (nSPS) is 13.4. The second-order valence-corrected chi connectivity index (χ2v) is 7.34. The van der Waals surface area contributed by atoms with Crippen LogP contribution in [0.2, 0.25) is 0 Å². The van der Waals surface area contributed by atoms with Gasteiger partial charge in [-0.3, -0.25) is 0 Å². The molecule has 2 atom stereocenters. The number of hydrogen-bond acceptors (Lipinski definition) is 1. The van der Waals surface area contributed by atoms with Crippen LogP contribution >= 0.6 is 0 Å². The van der Waals surface area contributed by atoms with Gasteiger partial charge in [-0.25, -0.2) is 0 Å². The molecule has 0 fully saturated rings. The van der Waals surface area contributed by atoms with E-state index in [4.69, 9.17) is 5.73 Å². The second-order valence-electron chi connectivity index (χ2n) is 7.34. The van der Waals surface area contributed by atoms with Gasteiger partial charge in [0.1, 0.15) is 0 Å². The van der Waals surface area contributed by atoms with Crippen LogP contribution in [0.1, 0.15) is 24.0 Å². The molecule has 2 N–H and O–H groups in total. The van der Waals surface area contributed by atoms with Crippen molar-refractivity contribution in [3.05, 3.63) is 108 Å². The Morgan fingerprint density at radius 3 is 2.00 bits per heavy atom. The minimum absolute atomic E-state index is 0.0963. The van der Waals surface area contributed by atoms with Crippen molar-refractivity contribution in [1.29, 1.82) is 0 Å². The fraction of sp³-hybridized carbons (Fsp3) is 0.154. The van der Waals surface area contributed by atoms with Gasteiger partial charge in [0.05, 0.1) is 0 Å². The molecule has 0 aliphatic heterocycles. The summed E-state index contributed by atoms with van der Waals surface area (Å²) in [7, 11) is 0. The van der Waals surface area contributed by atoms with Gasteiger partial charge in [-0.1, -0.05) is 97.1 Å². The number of hydrogen-bond donors (Lipinski definition) is 1. The van der Waals surface area contributed by atoms with Gasteiger partial charge in [0.2, 0.25) is 0 Å². The zero-order chi connectivity index (χ0) is 18.6. The average molecular weight is 351 g/mol. The van der Waals surface area contributed by atoms with Crippen LogP contribution in [-0.2, 0) is 6.42 Å². The maximum Gasteiger partial charge on any atom is 0.00825 e. The van der Waals surface area contributed by atoms with Crippen molar-refractivity contribution in [3.8, 4) is 11.1 Å². The van der Waals surface area contributed by atoms with Gasteiger partial charge in [0, 0.05) is 12.0 Å². The zero-order valence-corrected chi connectivity index (χ0v) is 15.7. The molecular weight excluding hydrogens is 326 g/mol. The van der Waals surface area contributed by atoms with Crippen molar-refractivity contribution in [3.63, 3.8) is 0 Å². The Labute approximate surface area is 161 Å². The molecule has 2 unspecified atom stereocenters. The molecule has 0 radical (unpaired) electrons. The molecule has 0 aromatic heterocycles. The molecule has 0 amide bonds. The average Bonchev–Trinajstić information content (AvgIpc) is 2.72. The van der Waals surface area contributed by atoms with E-state index in [0.29, 0.717) is 5.92 Å². The maximum absolute atomic E-state index is 6.38. The standard InChI is InChI=1S/C26H25N/c1-19(27)26(18-20-11-12-22-9-5-6-10-25(22)17-20)24-15-13-23(14-16-24)21-7-3-2-4-8-21/h2-17,19,26H,18,27H2,1H3. The van der Waals surface area contributed by atoms with Crippen molar-refractivity contribution in [2.45, 2.75) is 25.3 Å². The lowest BCUT2D eigenvalue weighted by Crippen LogP contribution is -2.26. The minimum atomic E-state index is 0.0963. The Hall–Kier alpha value is -2.90. The molecule has 0 bridgehead atoms. The molecule has 27 heavy (non-hydrogen) atoms. The van der Waals surface area contributed by atoms with E-state index in [-0.39, 0.29) is 6.04 Å². The summed E-state index contributed by atoms with van der Waals surface area (Å²) in [5.41, 5.74) is 11.5. The molecule has 4 aromatic carbocycles. The Morgan fingerprint density at radius 2 is 1.30 bits per heavy atom. The van der Waals surface area contributed by atoms with Crippen molar-refractivity contribution in [2.75, 3.05) is 0 Å². The molecule has 0 spiro atoms. The molecule has 4 rings (SSSR count). The van der Waals surface area contributed by atoms with Crippen LogP contribution in [0.15, 0.2) is 97.1 Å². The highest BCUT2D eigenvalue weighted by atomic mass is 14.6. The fourth-order valence-corrected chi connectivity index (χ4v) is 3.78. The van der Waals surface area contributed by atoms with E-state index >= 15 is 0 Å². The Balaban J connectivity index is 1.60. The van der Waals surface area contributed by atoms with Crippen LogP contribution in [0.3, 0.4) is 0 Å². The fourth-order valence-electron chi connectivity index (χ4n) is 3.78. The smallest absolute Gasteiger partial charge is 0.00825 e. The third-order valence-electron chi connectivity index (χ3n) is 5.35. The lowest BCUT2D eigenvalue weighted by molar-refractivity contribution is 0.565. The van der Waals surface area contributed by atoms with Crippen LogP contribution in [0, 0.1) is 0 Å². The monoisotopic (exact) mass is 351 g/mol. The quantitative estimate of drug-likeness (QED) is 0.456. The summed E-state index contributed by atoms with van der Waals surface area (Å²) in [5.74, 6) is 0.302. The first-order valence-corrected chi connectivity index (χ1v) is 9.59. The Kier molecular flexibility index (Phi) is 5.04. The lowest BCUT2D eigenvalue weighted by Gasteiger charge is -2.22. The van der Waals surface area contributed by atoms with Gasteiger partial charge in [0.25, 0.3) is 0 Å². The molecule has 0 heterocycles. The third kappa shape index (κ3) is 3.94. The summed E-state index contributed by atoms with van der Waals surface area (Å²) in [5, 5.41) is 2.57. The summed E-state index contributed by atoms with van der Waals surface area (Å²) in [6, 6.07) is 34.7. The summed E-state index contributed by atoms with van der Waals surface area (Å²) in [4.78, 5) is 0. The lowest BCUT2D eigenvalue weighted by atomic mass is 9.86. The van der Waals surface area contributed by atoms with Crippen molar-refractivity contribution in [2.24, 2.45) is 5.73 Å². The van der Waals surface area contributed by atoms with Crippen molar-refractivity contribution >= 4 is 10.8 Å². The molecule has 1 nitrogen and oxygen atoms in total. The van der Waals surface area contributed by atoms with Crippen molar-refractivity contribution in [1.82, 2.24) is 0 Å². The summed E-state index contributed by atoms with van der Waals surface area (Å²) >= 11 is 0. The van der Waals surface area contributed by atoms with E-state index in [0.717, 1.165) is 6.42 Å². The number of benzene rings is 4. The summed E-state index contributed by atoms with van der Waals surface area (Å²) in [6.45, 7) is 2.11. The molecule has 0 aliphatic rings. The summed E-state index contributed by atoms with van der Waals surface area (Å²) in [6.07, 6.45) is 0.952. The van der Waals surface area contributed by atoms with E-state index in [1.54, 1.807) is 0 Å². The molecule has 0 aliphatic carbocycles. The predicted molar refractivity (Wildman–Crippen MR) is 116 cm³/mol. The topological polar surface area (TPSA) is 26.0 Å². The van der Waals surface area contributed by atoms with Crippen LogP contribution < -0.4 is 5.73 Å². The predicted octanol–water partition coefficient (Wildman–Crippen LogP) is 6.18. The SMILES string of the molecule is CC(N)C(Cc1ccc2ccccc2c1)c1ccc(-c2ccccc2)cc1. The molecule has 0 saturated heterocycles. The van der Waals surface area contributed by atoms with Crippen molar-refractivity contribution < 1.29 is 0 Å². The number of rotatable bonds is 5. The minimum Gasteiger partial charge on any atom is -0.327 e. The first-order valence-electron chi connectivity index (χ1n) is 9.59. The second kappa shape index (κ2) is 7.77. The number of nitrogens with two attached hydrogens (primary N) is 1.